The van der Waals surface area contributed by atoms with Crippen molar-refractivity contribution in [2.75, 3.05) is 32.8 Å². The fraction of sp³-hybridized carbons (Fsp3) is 0.917. The summed E-state index contributed by atoms with van der Waals surface area (Å²) in [6.45, 7) is 13.5. The van der Waals surface area contributed by atoms with Crippen molar-refractivity contribution in [1.29, 1.82) is 0 Å². The zero-order valence-corrected chi connectivity index (χ0v) is 9.93. The van der Waals surface area contributed by atoms with Gasteiger partial charge in [-0.15, -0.1) is 0 Å². The van der Waals surface area contributed by atoms with Crippen LogP contribution in [0.2, 0.25) is 0 Å². The summed E-state index contributed by atoms with van der Waals surface area (Å²) in [7, 11) is 0. The molecule has 0 rings (SSSR count). The second kappa shape index (κ2) is 11.0. The Kier molecular flexibility index (Phi) is 10.9. The van der Waals surface area contributed by atoms with Crippen LogP contribution in [-0.4, -0.2) is 37.7 Å². The summed E-state index contributed by atoms with van der Waals surface area (Å²) >= 11 is 0. The molecule has 14 heavy (non-hydrogen) atoms. The van der Waals surface area contributed by atoms with Crippen molar-refractivity contribution in [3.63, 3.8) is 0 Å². The molecule has 0 N–H and O–H groups in total. The molecule has 0 aliphatic rings. The van der Waals surface area contributed by atoms with Gasteiger partial charge in [-0.3, -0.25) is 0 Å². The third-order valence-corrected chi connectivity index (χ3v) is 2.13. The van der Waals surface area contributed by atoms with Gasteiger partial charge in [-0.25, -0.2) is 0 Å². The third-order valence-electron chi connectivity index (χ3n) is 2.13. The van der Waals surface area contributed by atoms with Crippen LogP contribution in [0.5, 0.6) is 0 Å². The monoisotopic (exact) mass is 200 g/mol. The predicted molar refractivity (Wildman–Crippen MR) is 62.4 cm³/mol. The van der Waals surface area contributed by atoms with Gasteiger partial charge in [0.25, 0.3) is 0 Å². The Morgan fingerprint density at radius 1 is 1.00 bits per heavy atom. The molecule has 0 bridgehead atoms. The van der Waals surface area contributed by atoms with Gasteiger partial charge in [0.1, 0.15) is 0 Å². The molecule has 0 aromatic rings. The lowest BCUT2D eigenvalue weighted by molar-refractivity contribution is 0.124. The molecule has 0 saturated carbocycles. The molecule has 0 saturated heterocycles. The molecule has 2 heteroatoms. The average molecular weight is 200 g/mol. The molecule has 1 radical (unpaired) electrons. The van der Waals surface area contributed by atoms with Crippen molar-refractivity contribution >= 4 is 0 Å². The van der Waals surface area contributed by atoms with Crippen LogP contribution in [0.15, 0.2) is 0 Å². The molecule has 0 fully saturated rings. The summed E-state index contributed by atoms with van der Waals surface area (Å²) in [5.74, 6) is 0. The first-order valence-electron chi connectivity index (χ1n) is 5.94. The van der Waals surface area contributed by atoms with E-state index in [0.29, 0.717) is 0 Å². The van der Waals surface area contributed by atoms with Crippen molar-refractivity contribution in [2.24, 2.45) is 0 Å². The van der Waals surface area contributed by atoms with E-state index in [0.717, 1.165) is 26.1 Å². The Labute approximate surface area is 89.6 Å². The lowest BCUT2D eigenvalue weighted by atomic mass is 10.3. The van der Waals surface area contributed by atoms with Crippen molar-refractivity contribution < 1.29 is 4.74 Å². The van der Waals surface area contributed by atoms with E-state index in [9.17, 15) is 0 Å². The lowest BCUT2D eigenvalue weighted by Gasteiger charge is -2.20. The predicted octanol–water partition coefficient (Wildman–Crippen LogP) is 2.74. The number of hydrogen-bond acceptors (Lipinski definition) is 2. The number of hydrogen-bond donors (Lipinski definition) is 0. The van der Waals surface area contributed by atoms with Crippen molar-refractivity contribution in [3.8, 4) is 0 Å². The summed E-state index contributed by atoms with van der Waals surface area (Å²) in [5, 5.41) is 0. The quantitative estimate of drug-likeness (QED) is 0.503. The molecule has 0 aromatic heterocycles. The van der Waals surface area contributed by atoms with E-state index in [2.05, 4.69) is 25.7 Å². The Bertz CT molecular complexity index is 100. The van der Waals surface area contributed by atoms with Crippen molar-refractivity contribution in [3.05, 3.63) is 6.92 Å². The second-order valence-corrected chi connectivity index (χ2v) is 3.66. The first-order chi connectivity index (χ1) is 6.85. The van der Waals surface area contributed by atoms with E-state index in [4.69, 9.17) is 4.74 Å². The minimum Gasteiger partial charge on any atom is -0.381 e. The Morgan fingerprint density at radius 3 is 2.14 bits per heavy atom. The van der Waals surface area contributed by atoms with Gasteiger partial charge in [0.2, 0.25) is 0 Å². The molecule has 0 unspecified atom stereocenters. The van der Waals surface area contributed by atoms with Crippen molar-refractivity contribution in [1.82, 2.24) is 4.90 Å². The fourth-order valence-electron chi connectivity index (χ4n) is 1.56. The van der Waals surface area contributed by atoms with E-state index in [1.165, 1.54) is 32.5 Å². The van der Waals surface area contributed by atoms with Gasteiger partial charge in [-0.2, -0.15) is 0 Å². The summed E-state index contributed by atoms with van der Waals surface area (Å²) < 4.78 is 5.40. The summed E-state index contributed by atoms with van der Waals surface area (Å²) in [4.78, 5) is 2.52. The lowest BCUT2D eigenvalue weighted by Crippen LogP contribution is -2.27. The van der Waals surface area contributed by atoms with E-state index in [1.807, 2.05) is 0 Å². The maximum absolute atomic E-state index is 5.40. The van der Waals surface area contributed by atoms with Gasteiger partial charge in [0.05, 0.1) is 0 Å². The van der Waals surface area contributed by atoms with E-state index < -0.39 is 0 Å². The molecule has 85 valence electrons. The maximum atomic E-state index is 5.40. The standard InChI is InChI=1S/C12H26NO/c1-4-8-13(9-5-2)10-7-12-14-11-6-3/h3-12H2,1-2H3. The van der Waals surface area contributed by atoms with E-state index >= 15 is 0 Å². The molecule has 0 aliphatic heterocycles. The third kappa shape index (κ3) is 8.52. The zero-order valence-electron chi connectivity index (χ0n) is 9.93. The molecule has 0 atom stereocenters. The Hall–Kier alpha value is -0.0800. The van der Waals surface area contributed by atoms with Crippen LogP contribution < -0.4 is 0 Å². The smallest absolute Gasteiger partial charge is 0.0478 e. The van der Waals surface area contributed by atoms with Crippen LogP contribution in [0.1, 0.15) is 39.5 Å². The first-order valence-corrected chi connectivity index (χ1v) is 5.94. The highest BCUT2D eigenvalue weighted by molar-refractivity contribution is 4.55. The molecular weight excluding hydrogens is 174 g/mol. The second-order valence-electron chi connectivity index (χ2n) is 3.66. The van der Waals surface area contributed by atoms with Gasteiger partial charge in [0.15, 0.2) is 0 Å². The molecular formula is C12H26NO. The SMILES string of the molecule is [CH2]CCOCCCN(CCC)CCC. The topological polar surface area (TPSA) is 12.5 Å². The first kappa shape index (κ1) is 13.9. The number of rotatable bonds is 10. The summed E-state index contributed by atoms with van der Waals surface area (Å²) in [6, 6.07) is 0. The highest BCUT2D eigenvalue weighted by atomic mass is 16.5. The normalized spacial score (nSPS) is 11.1. The van der Waals surface area contributed by atoms with Gasteiger partial charge in [-0.1, -0.05) is 20.8 Å². The zero-order chi connectivity index (χ0) is 10.6. The fourth-order valence-corrected chi connectivity index (χ4v) is 1.56. The van der Waals surface area contributed by atoms with Crippen LogP contribution in [0.25, 0.3) is 0 Å². The molecule has 0 aliphatic carbocycles. The summed E-state index contributed by atoms with van der Waals surface area (Å²) in [5.41, 5.74) is 0. The number of ether oxygens (including phenoxy) is 1. The number of nitrogens with zero attached hydrogens (tertiary/aromatic N) is 1. The molecule has 0 amide bonds. The summed E-state index contributed by atoms with van der Waals surface area (Å²) in [6.07, 6.45) is 4.53. The average Bonchev–Trinajstić information content (AvgIpc) is 2.18. The van der Waals surface area contributed by atoms with Crippen LogP contribution >= 0.6 is 0 Å². The van der Waals surface area contributed by atoms with Gasteiger partial charge >= 0.3 is 0 Å². The minimum atomic E-state index is 0.807. The van der Waals surface area contributed by atoms with Gasteiger partial charge in [-0.05, 0) is 38.8 Å². The van der Waals surface area contributed by atoms with Crippen molar-refractivity contribution in [2.45, 2.75) is 39.5 Å². The molecule has 0 heterocycles. The van der Waals surface area contributed by atoms with Crippen LogP contribution in [-0.2, 0) is 4.74 Å². The maximum Gasteiger partial charge on any atom is 0.0478 e. The van der Waals surface area contributed by atoms with Gasteiger partial charge < -0.3 is 9.64 Å². The van der Waals surface area contributed by atoms with Crippen LogP contribution in [0, 0.1) is 6.92 Å². The highest BCUT2D eigenvalue weighted by Crippen LogP contribution is 1.96. The highest BCUT2D eigenvalue weighted by Gasteiger charge is 2.01. The van der Waals surface area contributed by atoms with Crippen LogP contribution in [0.3, 0.4) is 0 Å². The van der Waals surface area contributed by atoms with E-state index in [-0.39, 0.29) is 0 Å². The molecule has 0 spiro atoms. The molecule has 2 nitrogen and oxygen atoms in total. The van der Waals surface area contributed by atoms with E-state index in [1.54, 1.807) is 0 Å². The Morgan fingerprint density at radius 2 is 1.64 bits per heavy atom. The van der Waals surface area contributed by atoms with Gasteiger partial charge in [0, 0.05) is 19.8 Å². The molecule has 0 aromatic carbocycles. The minimum absolute atomic E-state index is 0.807. The van der Waals surface area contributed by atoms with Crippen LogP contribution in [0.4, 0.5) is 0 Å². The Balaban J connectivity index is 3.30. The largest absolute Gasteiger partial charge is 0.381 e.